The number of para-hydroxylation sites is 1. The zero-order valence-corrected chi connectivity index (χ0v) is 11.9. The van der Waals surface area contributed by atoms with E-state index in [4.69, 9.17) is 4.42 Å². The molecule has 1 atom stereocenters. The van der Waals surface area contributed by atoms with Crippen molar-refractivity contribution in [2.45, 2.75) is 13.0 Å². The molecular formula is C17H14N2O3. The number of benzene rings is 1. The highest BCUT2D eigenvalue weighted by molar-refractivity contribution is 5.96. The van der Waals surface area contributed by atoms with Crippen molar-refractivity contribution >= 4 is 16.9 Å². The van der Waals surface area contributed by atoms with Crippen LogP contribution in [0.5, 0.6) is 0 Å². The van der Waals surface area contributed by atoms with Crippen LogP contribution in [-0.4, -0.2) is 10.9 Å². The second-order valence-electron chi connectivity index (χ2n) is 4.97. The van der Waals surface area contributed by atoms with Crippen LogP contribution in [0.1, 0.15) is 28.9 Å². The van der Waals surface area contributed by atoms with Crippen molar-refractivity contribution in [3.63, 3.8) is 0 Å². The third-order valence-corrected chi connectivity index (χ3v) is 3.42. The van der Waals surface area contributed by atoms with E-state index >= 15 is 0 Å². The SMILES string of the molecule is C[C@H](NC(=O)c1cc2ccccc2oc1=O)c1cccnc1. The summed E-state index contributed by atoms with van der Waals surface area (Å²) in [5.74, 6) is -0.462. The largest absolute Gasteiger partial charge is 0.422 e. The van der Waals surface area contributed by atoms with Crippen LogP contribution in [0.4, 0.5) is 0 Å². The molecule has 2 heterocycles. The molecule has 0 spiro atoms. The first-order valence-electron chi connectivity index (χ1n) is 6.89. The molecule has 0 radical (unpaired) electrons. The van der Waals surface area contributed by atoms with E-state index in [0.717, 1.165) is 5.56 Å². The van der Waals surface area contributed by atoms with E-state index in [0.29, 0.717) is 11.0 Å². The molecule has 0 aliphatic carbocycles. The van der Waals surface area contributed by atoms with Gasteiger partial charge in [0.2, 0.25) is 0 Å². The van der Waals surface area contributed by atoms with E-state index in [2.05, 4.69) is 10.3 Å². The number of hydrogen-bond acceptors (Lipinski definition) is 4. The number of nitrogens with zero attached hydrogens (tertiary/aromatic N) is 1. The van der Waals surface area contributed by atoms with Crippen molar-refractivity contribution in [1.82, 2.24) is 10.3 Å². The Bertz CT molecular complexity index is 872. The first-order chi connectivity index (χ1) is 10.6. The van der Waals surface area contributed by atoms with Crippen LogP contribution in [0, 0.1) is 0 Å². The van der Waals surface area contributed by atoms with Crippen molar-refractivity contribution in [3.05, 3.63) is 76.4 Å². The summed E-state index contributed by atoms with van der Waals surface area (Å²) in [4.78, 5) is 28.3. The fourth-order valence-corrected chi connectivity index (χ4v) is 2.21. The fourth-order valence-electron chi connectivity index (χ4n) is 2.21. The molecule has 22 heavy (non-hydrogen) atoms. The molecule has 0 saturated carbocycles. The Morgan fingerprint density at radius 3 is 2.82 bits per heavy atom. The van der Waals surface area contributed by atoms with Gasteiger partial charge in [-0.2, -0.15) is 0 Å². The van der Waals surface area contributed by atoms with Gasteiger partial charge in [-0.1, -0.05) is 24.3 Å². The van der Waals surface area contributed by atoms with E-state index in [1.807, 2.05) is 19.1 Å². The summed E-state index contributed by atoms with van der Waals surface area (Å²) >= 11 is 0. The van der Waals surface area contributed by atoms with Crippen molar-refractivity contribution in [2.75, 3.05) is 0 Å². The van der Waals surface area contributed by atoms with E-state index in [9.17, 15) is 9.59 Å². The summed E-state index contributed by atoms with van der Waals surface area (Å²) in [6, 6.07) is 12.0. The molecule has 5 heteroatoms. The van der Waals surface area contributed by atoms with Gasteiger partial charge in [0, 0.05) is 17.8 Å². The Kier molecular flexibility index (Phi) is 3.70. The van der Waals surface area contributed by atoms with Crippen LogP contribution in [0.3, 0.4) is 0 Å². The van der Waals surface area contributed by atoms with Crippen LogP contribution in [0.15, 0.2) is 64.1 Å². The zero-order valence-electron chi connectivity index (χ0n) is 11.9. The Hall–Kier alpha value is -2.95. The lowest BCUT2D eigenvalue weighted by Gasteiger charge is -2.13. The monoisotopic (exact) mass is 294 g/mol. The molecule has 1 amide bonds. The van der Waals surface area contributed by atoms with Gasteiger partial charge in [0.25, 0.3) is 5.91 Å². The van der Waals surface area contributed by atoms with Gasteiger partial charge in [-0.05, 0) is 30.7 Å². The highest BCUT2D eigenvalue weighted by Gasteiger charge is 2.16. The van der Waals surface area contributed by atoms with E-state index in [1.165, 1.54) is 0 Å². The molecule has 1 aromatic carbocycles. The lowest BCUT2D eigenvalue weighted by Crippen LogP contribution is -2.30. The Morgan fingerprint density at radius 1 is 1.23 bits per heavy atom. The molecule has 2 aromatic heterocycles. The molecule has 1 N–H and O–H groups in total. The zero-order chi connectivity index (χ0) is 15.5. The normalized spacial score (nSPS) is 12.0. The maximum Gasteiger partial charge on any atom is 0.349 e. The minimum atomic E-state index is -0.644. The second-order valence-corrected chi connectivity index (χ2v) is 4.97. The number of pyridine rings is 1. The van der Waals surface area contributed by atoms with Crippen molar-refractivity contribution in [3.8, 4) is 0 Å². The first kappa shape index (κ1) is 14.0. The number of carbonyl (C=O) groups is 1. The quantitative estimate of drug-likeness (QED) is 0.754. The van der Waals surface area contributed by atoms with Gasteiger partial charge in [-0.3, -0.25) is 9.78 Å². The molecule has 110 valence electrons. The van der Waals surface area contributed by atoms with E-state index < -0.39 is 11.5 Å². The van der Waals surface area contributed by atoms with Crippen LogP contribution >= 0.6 is 0 Å². The number of hydrogen-bond donors (Lipinski definition) is 1. The minimum Gasteiger partial charge on any atom is -0.422 e. The highest BCUT2D eigenvalue weighted by Crippen LogP contribution is 2.14. The van der Waals surface area contributed by atoms with Gasteiger partial charge in [0.1, 0.15) is 11.1 Å². The second kappa shape index (κ2) is 5.81. The number of nitrogens with one attached hydrogen (secondary N) is 1. The number of fused-ring (bicyclic) bond motifs is 1. The minimum absolute atomic E-state index is 0.00515. The summed E-state index contributed by atoms with van der Waals surface area (Å²) in [7, 11) is 0. The third kappa shape index (κ3) is 2.74. The Morgan fingerprint density at radius 2 is 2.05 bits per heavy atom. The van der Waals surface area contributed by atoms with Crippen LogP contribution in [0.25, 0.3) is 11.0 Å². The van der Waals surface area contributed by atoms with Crippen molar-refractivity contribution < 1.29 is 9.21 Å². The molecule has 3 rings (SSSR count). The summed E-state index contributed by atoms with van der Waals surface area (Å²) in [6.07, 6.45) is 3.34. The summed E-state index contributed by atoms with van der Waals surface area (Å²) < 4.78 is 5.17. The smallest absolute Gasteiger partial charge is 0.349 e. The topological polar surface area (TPSA) is 72.2 Å². The van der Waals surface area contributed by atoms with E-state index in [-0.39, 0.29) is 11.6 Å². The average molecular weight is 294 g/mol. The lowest BCUT2D eigenvalue weighted by atomic mass is 10.1. The number of rotatable bonds is 3. The van der Waals surface area contributed by atoms with Gasteiger partial charge in [0.05, 0.1) is 6.04 Å². The maximum atomic E-state index is 12.3. The molecule has 0 aliphatic rings. The molecule has 0 saturated heterocycles. The van der Waals surface area contributed by atoms with Crippen LogP contribution in [-0.2, 0) is 0 Å². The summed E-state index contributed by atoms with van der Waals surface area (Å²) in [6.45, 7) is 1.83. The molecule has 0 unspecified atom stereocenters. The fraction of sp³-hybridized carbons (Fsp3) is 0.118. The molecule has 5 nitrogen and oxygen atoms in total. The molecular weight excluding hydrogens is 280 g/mol. The first-order valence-corrected chi connectivity index (χ1v) is 6.89. The molecule has 3 aromatic rings. The van der Waals surface area contributed by atoms with Gasteiger partial charge in [-0.25, -0.2) is 4.79 Å². The summed E-state index contributed by atoms with van der Waals surface area (Å²) in [5.41, 5.74) is 0.675. The highest BCUT2D eigenvalue weighted by atomic mass is 16.4. The summed E-state index contributed by atoms with van der Waals surface area (Å²) in [5, 5.41) is 3.49. The van der Waals surface area contributed by atoms with E-state index in [1.54, 1.807) is 42.7 Å². The van der Waals surface area contributed by atoms with Crippen molar-refractivity contribution in [1.29, 1.82) is 0 Å². The molecule has 0 fully saturated rings. The molecule has 0 bridgehead atoms. The van der Waals surface area contributed by atoms with Crippen LogP contribution < -0.4 is 10.9 Å². The Balaban J connectivity index is 1.89. The van der Waals surface area contributed by atoms with Crippen molar-refractivity contribution in [2.24, 2.45) is 0 Å². The number of carbonyl (C=O) groups excluding carboxylic acids is 1. The van der Waals surface area contributed by atoms with Gasteiger partial charge >= 0.3 is 5.63 Å². The number of amides is 1. The maximum absolute atomic E-state index is 12.3. The average Bonchev–Trinajstić information content (AvgIpc) is 2.54. The van der Waals surface area contributed by atoms with Gasteiger partial charge in [0.15, 0.2) is 0 Å². The van der Waals surface area contributed by atoms with Crippen LogP contribution in [0.2, 0.25) is 0 Å². The standard InChI is InChI=1S/C17H14N2O3/c1-11(13-6-4-8-18-10-13)19-16(20)14-9-12-5-2-3-7-15(12)22-17(14)21/h2-11H,1H3,(H,19,20)/t11-/m0/s1. The van der Waals surface area contributed by atoms with Gasteiger partial charge < -0.3 is 9.73 Å². The van der Waals surface area contributed by atoms with Gasteiger partial charge in [-0.15, -0.1) is 0 Å². The Labute approximate surface area is 126 Å². The number of aromatic nitrogens is 1. The third-order valence-electron chi connectivity index (χ3n) is 3.42. The predicted octanol–water partition coefficient (Wildman–Crippen LogP) is 2.68. The lowest BCUT2D eigenvalue weighted by molar-refractivity contribution is 0.0936. The predicted molar refractivity (Wildman–Crippen MR) is 82.6 cm³/mol. The molecule has 0 aliphatic heterocycles.